The predicted molar refractivity (Wildman–Crippen MR) is 67.8 cm³/mol. The fourth-order valence-electron chi connectivity index (χ4n) is 2.73. The van der Waals surface area contributed by atoms with Crippen molar-refractivity contribution in [1.29, 1.82) is 0 Å². The van der Waals surface area contributed by atoms with E-state index in [-0.39, 0.29) is 5.41 Å². The molecule has 1 aliphatic carbocycles. The van der Waals surface area contributed by atoms with Crippen LogP contribution in [-0.4, -0.2) is 21.8 Å². The Morgan fingerprint density at radius 3 is 2.06 bits per heavy atom. The van der Waals surface area contributed by atoms with Crippen LogP contribution in [0.15, 0.2) is 0 Å². The molecule has 3 heteroatoms. The Hall–Kier alpha value is -0.570. The first-order valence-electron chi connectivity index (χ1n) is 6.58. The fraction of sp³-hybridized carbons (Fsp3) is 0.929. The molecule has 0 aromatic carbocycles. The first-order valence-corrected chi connectivity index (χ1v) is 6.58. The third kappa shape index (κ3) is 3.44. The Bertz CT molecular complexity index is 282. The van der Waals surface area contributed by atoms with Gasteiger partial charge in [-0.05, 0) is 50.9 Å². The third-order valence-electron chi connectivity index (χ3n) is 4.50. The minimum atomic E-state index is -0.861. The highest BCUT2D eigenvalue weighted by atomic mass is 16.4. The van der Waals surface area contributed by atoms with Crippen molar-refractivity contribution in [1.82, 2.24) is 0 Å². The second-order valence-electron chi connectivity index (χ2n) is 6.78. The van der Waals surface area contributed by atoms with Gasteiger partial charge in [-0.1, -0.05) is 20.8 Å². The minimum absolute atomic E-state index is 0.247. The van der Waals surface area contributed by atoms with Gasteiger partial charge in [0.15, 0.2) is 0 Å². The molecule has 3 nitrogen and oxygen atoms in total. The van der Waals surface area contributed by atoms with Crippen molar-refractivity contribution in [2.45, 2.75) is 71.8 Å². The van der Waals surface area contributed by atoms with Crippen LogP contribution < -0.4 is 0 Å². The Labute approximate surface area is 104 Å². The van der Waals surface area contributed by atoms with Crippen LogP contribution in [0.3, 0.4) is 0 Å². The maximum absolute atomic E-state index is 11.6. The number of carboxylic acids is 1. The van der Waals surface area contributed by atoms with E-state index in [4.69, 9.17) is 0 Å². The number of aliphatic hydroxyl groups is 1. The highest BCUT2D eigenvalue weighted by molar-refractivity contribution is 5.75. The lowest BCUT2D eigenvalue weighted by atomic mass is 9.61. The van der Waals surface area contributed by atoms with Gasteiger partial charge in [0.25, 0.3) is 0 Å². The summed E-state index contributed by atoms with van der Waals surface area (Å²) in [6.45, 7) is 8.03. The van der Waals surface area contributed by atoms with Crippen molar-refractivity contribution in [3.05, 3.63) is 0 Å². The second-order valence-corrected chi connectivity index (χ2v) is 6.78. The molecule has 1 aliphatic rings. The van der Waals surface area contributed by atoms with Crippen molar-refractivity contribution in [2.24, 2.45) is 10.8 Å². The normalized spacial score (nSPS) is 26.2. The maximum Gasteiger partial charge on any atom is 0.309 e. The molecule has 0 bridgehead atoms. The highest BCUT2D eigenvalue weighted by Crippen LogP contribution is 2.49. The average Bonchev–Trinajstić information content (AvgIpc) is 2.21. The number of carbonyl (C=O) groups is 1. The molecule has 0 amide bonds. The lowest BCUT2D eigenvalue weighted by Gasteiger charge is -2.43. The summed E-state index contributed by atoms with van der Waals surface area (Å²) in [4.78, 5) is 11.6. The third-order valence-corrected chi connectivity index (χ3v) is 4.50. The van der Waals surface area contributed by atoms with Crippen LogP contribution in [0.25, 0.3) is 0 Å². The molecule has 1 rings (SSSR count). The first kappa shape index (κ1) is 14.5. The van der Waals surface area contributed by atoms with Gasteiger partial charge in [-0.25, -0.2) is 0 Å². The minimum Gasteiger partial charge on any atom is -0.481 e. The Balaban J connectivity index is 2.83. The molecule has 0 aliphatic heterocycles. The Morgan fingerprint density at radius 1 is 1.24 bits per heavy atom. The molecule has 0 aromatic heterocycles. The van der Waals surface area contributed by atoms with Crippen LogP contribution in [0.1, 0.15) is 66.2 Å². The average molecular weight is 242 g/mol. The highest BCUT2D eigenvalue weighted by Gasteiger charge is 2.47. The van der Waals surface area contributed by atoms with E-state index in [1.807, 2.05) is 6.92 Å². The van der Waals surface area contributed by atoms with E-state index in [9.17, 15) is 15.0 Å². The number of hydrogen-bond acceptors (Lipinski definition) is 2. The summed E-state index contributed by atoms with van der Waals surface area (Å²) < 4.78 is 0. The molecular weight excluding hydrogens is 216 g/mol. The maximum atomic E-state index is 11.6. The number of rotatable bonds is 4. The topological polar surface area (TPSA) is 57.5 Å². The van der Waals surface area contributed by atoms with Crippen LogP contribution in [-0.2, 0) is 4.79 Å². The summed E-state index contributed by atoms with van der Waals surface area (Å²) in [6, 6.07) is 0. The van der Waals surface area contributed by atoms with Gasteiger partial charge in [-0.3, -0.25) is 4.79 Å². The van der Waals surface area contributed by atoms with E-state index in [1.165, 1.54) is 0 Å². The molecular formula is C14H26O3. The van der Waals surface area contributed by atoms with Crippen LogP contribution in [0.2, 0.25) is 0 Å². The van der Waals surface area contributed by atoms with Crippen molar-refractivity contribution in [2.75, 3.05) is 0 Å². The summed E-state index contributed by atoms with van der Waals surface area (Å²) in [5.41, 5.74) is -1.33. The molecule has 0 radical (unpaired) electrons. The molecule has 0 saturated heterocycles. The molecule has 100 valence electrons. The molecule has 1 saturated carbocycles. The largest absolute Gasteiger partial charge is 0.481 e. The van der Waals surface area contributed by atoms with Crippen LogP contribution in [0.4, 0.5) is 0 Å². The zero-order chi connectivity index (χ0) is 13.3. The smallest absolute Gasteiger partial charge is 0.309 e. The Kier molecular flexibility index (Phi) is 3.92. The summed E-state index contributed by atoms with van der Waals surface area (Å²) in [7, 11) is 0. The van der Waals surface area contributed by atoms with Gasteiger partial charge in [0, 0.05) is 0 Å². The summed E-state index contributed by atoms with van der Waals surface area (Å²) in [6.07, 6.45) is 4.21. The lowest BCUT2D eigenvalue weighted by molar-refractivity contribution is -0.157. The standard InChI is InChI=1S/C14H26O3/c1-5-13(4,17)10-14(11(15)16)8-6-12(2,3)7-9-14/h17H,5-10H2,1-4H3,(H,15,16). The van der Waals surface area contributed by atoms with Crippen LogP contribution in [0, 0.1) is 10.8 Å². The fourth-order valence-corrected chi connectivity index (χ4v) is 2.73. The molecule has 17 heavy (non-hydrogen) atoms. The molecule has 0 aromatic rings. The van der Waals surface area contributed by atoms with Crippen molar-refractivity contribution in [3.8, 4) is 0 Å². The van der Waals surface area contributed by atoms with E-state index < -0.39 is 17.0 Å². The molecule has 0 spiro atoms. The van der Waals surface area contributed by atoms with Gasteiger partial charge in [0.1, 0.15) is 0 Å². The zero-order valence-corrected chi connectivity index (χ0v) is 11.5. The molecule has 1 unspecified atom stereocenters. The van der Waals surface area contributed by atoms with Crippen LogP contribution >= 0.6 is 0 Å². The SMILES string of the molecule is CCC(C)(O)CC1(C(=O)O)CCC(C)(C)CC1. The van der Waals surface area contributed by atoms with Crippen molar-refractivity contribution in [3.63, 3.8) is 0 Å². The van der Waals surface area contributed by atoms with Gasteiger partial charge in [-0.2, -0.15) is 0 Å². The summed E-state index contributed by atoms with van der Waals surface area (Å²) in [5.74, 6) is -0.735. The molecule has 1 atom stereocenters. The molecule has 0 heterocycles. The summed E-state index contributed by atoms with van der Waals surface area (Å²) >= 11 is 0. The van der Waals surface area contributed by atoms with E-state index >= 15 is 0 Å². The van der Waals surface area contributed by atoms with Crippen molar-refractivity contribution < 1.29 is 15.0 Å². The molecule has 1 fully saturated rings. The monoisotopic (exact) mass is 242 g/mol. The van der Waals surface area contributed by atoms with Gasteiger partial charge in [-0.15, -0.1) is 0 Å². The number of carboxylic acid groups (broad SMARTS) is 1. The van der Waals surface area contributed by atoms with Gasteiger partial charge >= 0.3 is 5.97 Å². The quantitative estimate of drug-likeness (QED) is 0.796. The Morgan fingerprint density at radius 2 is 1.71 bits per heavy atom. The second kappa shape index (κ2) is 4.60. The number of aliphatic carboxylic acids is 1. The number of hydrogen-bond donors (Lipinski definition) is 2. The first-order chi connectivity index (χ1) is 7.63. The predicted octanol–water partition coefficient (Wildman–Crippen LogP) is 3.21. The lowest BCUT2D eigenvalue weighted by Crippen LogP contribution is -2.43. The summed E-state index contributed by atoms with van der Waals surface area (Å²) in [5, 5.41) is 19.7. The van der Waals surface area contributed by atoms with Crippen molar-refractivity contribution >= 4 is 5.97 Å². The van der Waals surface area contributed by atoms with E-state index in [1.54, 1.807) is 6.92 Å². The molecule has 2 N–H and O–H groups in total. The van der Waals surface area contributed by atoms with Gasteiger partial charge < -0.3 is 10.2 Å². The van der Waals surface area contributed by atoms with E-state index in [0.29, 0.717) is 25.7 Å². The zero-order valence-electron chi connectivity index (χ0n) is 11.5. The van der Waals surface area contributed by atoms with Crippen LogP contribution in [0.5, 0.6) is 0 Å². The van der Waals surface area contributed by atoms with E-state index in [2.05, 4.69) is 13.8 Å². The van der Waals surface area contributed by atoms with E-state index in [0.717, 1.165) is 12.8 Å². The van der Waals surface area contributed by atoms with Gasteiger partial charge in [0.2, 0.25) is 0 Å². The van der Waals surface area contributed by atoms with Gasteiger partial charge in [0.05, 0.1) is 11.0 Å².